The van der Waals surface area contributed by atoms with Gasteiger partial charge >= 0.3 is 0 Å². The normalized spacial score (nSPS) is 20.4. The molecule has 2 aliphatic rings. The predicted molar refractivity (Wildman–Crippen MR) is 77.5 cm³/mol. The van der Waals surface area contributed by atoms with Gasteiger partial charge in [-0.15, -0.1) is 0 Å². The Kier molecular flexibility index (Phi) is 2.60. The Morgan fingerprint density at radius 3 is 2.48 bits per heavy atom. The third kappa shape index (κ3) is 1.94. The minimum Gasteiger partial charge on any atom is -0.386 e. The molecule has 2 fully saturated rings. The molecule has 21 heavy (non-hydrogen) atoms. The lowest BCUT2D eigenvalue weighted by atomic mass is 9.88. The van der Waals surface area contributed by atoms with Crippen LogP contribution in [-0.4, -0.2) is 34.6 Å². The minimum absolute atomic E-state index is 0.128. The largest absolute Gasteiger partial charge is 0.386 e. The molecule has 2 aromatic carbocycles. The minimum atomic E-state index is -0.689. The van der Waals surface area contributed by atoms with E-state index >= 15 is 0 Å². The van der Waals surface area contributed by atoms with Gasteiger partial charge in [0.15, 0.2) is 0 Å². The first-order valence-electron chi connectivity index (χ1n) is 7.27. The topological polar surface area (TPSA) is 40.5 Å². The summed E-state index contributed by atoms with van der Waals surface area (Å²) < 4.78 is 13.8. The molecule has 2 aromatic rings. The maximum atomic E-state index is 13.8. The summed E-state index contributed by atoms with van der Waals surface area (Å²) in [6.45, 7) is 0.782. The Morgan fingerprint density at radius 2 is 1.81 bits per heavy atom. The van der Waals surface area contributed by atoms with Gasteiger partial charge in [-0.3, -0.25) is 4.79 Å². The molecule has 1 saturated heterocycles. The van der Waals surface area contributed by atoms with Gasteiger partial charge in [-0.25, -0.2) is 4.39 Å². The first-order valence-corrected chi connectivity index (χ1v) is 7.27. The molecular formula is C17H16FNO2. The van der Waals surface area contributed by atoms with Gasteiger partial charge in [0.2, 0.25) is 0 Å². The number of fused-ring (bicyclic) bond motifs is 1. The van der Waals surface area contributed by atoms with Gasteiger partial charge in [-0.2, -0.15) is 0 Å². The quantitative estimate of drug-likeness (QED) is 0.921. The van der Waals surface area contributed by atoms with Crippen molar-refractivity contribution in [2.75, 3.05) is 13.1 Å². The number of likely N-dealkylation sites (tertiary alicyclic amines) is 1. The van der Waals surface area contributed by atoms with E-state index in [1.54, 1.807) is 29.2 Å². The molecule has 1 heterocycles. The maximum Gasteiger partial charge on any atom is 0.254 e. The van der Waals surface area contributed by atoms with Crippen LogP contribution in [0.15, 0.2) is 36.4 Å². The first-order chi connectivity index (χ1) is 10.1. The van der Waals surface area contributed by atoms with E-state index < -0.39 is 5.60 Å². The fourth-order valence-corrected chi connectivity index (χ4v) is 3.26. The molecule has 0 atom stereocenters. The van der Waals surface area contributed by atoms with Gasteiger partial charge < -0.3 is 10.0 Å². The molecule has 4 heteroatoms. The highest BCUT2D eigenvalue weighted by Crippen LogP contribution is 2.45. The number of hydrogen-bond acceptors (Lipinski definition) is 2. The SMILES string of the molecule is O=C(c1ccc(F)c2ccccc12)N1CC(O)(C2CC2)C1. The zero-order chi connectivity index (χ0) is 14.6. The first kappa shape index (κ1) is 12.8. The highest BCUT2D eigenvalue weighted by Gasteiger charge is 2.53. The van der Waals surface area contributed by atoms with Crippen LogP contribution in [0.3, 0.4) is 0 Å². The van der Waals surface area contributed by atoms with Crippen molar-refractivity contribution in [3.63, 3.8) is 0 Å². The molecule has 1 saturated carbocycles. The van der Waals surface area contributed by atoms with E-state index in [9.17, 15) is 14.3 Å². The summed E-state index contributed by atoms with van der Waals surface area (Å²) in [5.74, 6) is -0.0942. The summed E-state index contributed by atoms with van der Waals surface area (Å²) in [6, 6.07) is 9.87. The second-order valence-electron chi connectivity index (χ2n) is 6.18. The molecule has 3 nitrogen and oxygen atoms in total. The molecule has 1 aliphatic carbocycles. The molecule has 0 radical (unpaired) electrons. The highest BCUT2D eigenvalue weighted by molar-refractivity contribution is 6.07. The second-order valence-corrected chi connectivity index (χ2v) is 6.18. The van der Waals surface area contributed by atoms with Gasteiger partial charge in [0.1, 0.15) is 11.4 Å². The van der Waals surface area contributed by atoms with Crippen LogP contribution in [0.5, 0.6) is 0 Å². The van der Waals surface area contributed by atoms with Gasteiger partial charge in [-0.1, -0.05) is 24.3 Å². The van der Waals surface area contributed by atoms with Crippen molar-refractivity contribution in [2.45, 2.75) is 18.4 Å². The molecule has 1 aliphatic heterocycles. The van der Waals surface area contributed by atoms with Crippen molar-refractivity contribution in [3.8, 4) is 0 Å². The fraction of sp³-hybridized carbons (Fsp3) is 0.353. The van der Waals surface area contributed by atoms with Crippen molar-refractivity contribution in [3.05, 3.63) is 47.8 Å². The van der Waals surface area contributed by atoms with Crippen LogP contribution >= 0.6 is 0 Å². The van der Waals surface area contributed by atoms with Gasteiger partial charge in [0.25, 0.3) is 5.91 Å². The van der Waals surface area contributed by atoms with E-state index in [0.29, 0.717) is 35.3 Å². The van der Waals surface area contributed by atoms with E-state index in [2.05, 4.69) is 0 Å². The zero-order valence-corrected chi connectivity index (χ0v) is 11.6. The second kappa shape index (κ2) is 4.28. The van der Waals surface area contributed by atoms with E-state index in [4.69, 9.17) is 0 Å². The average molecular weight is 285 g/mol. The lowest BCUT2D eigenvalue weighted by Crippen LogP contribution is -2.64. The molecular weight excluding hydrogens is 269 g/mol. The Labute approximate surface area is 122 Å². The van der Waals surface area contributed by atoms with Gasteiger partial charge in [-0.05, 0) is 36.3 Å². The van der Waals surface area contributed by atoms with Crippen molar-refractivity contribution in [2.24, 2.45) is 5.92 Å². The van der Waals surface area contributed by atoms with Crippen LogP contribution in [0, 0.1) is 11.7 Å². The number of benzene rings is 2. The zero-order valence-electron chi connectivity index (χ0n) is 11.6. The van der Waals surface area contributed by atoms with Crippen LogP contribution in [0.4, 0.5) is 4.39 Å². The Bertz CT molecular complexity index is 733. The Hall–Kier alpha value is -1.94. The number of carbonyl (C=O) groups is 1. The molecule has 0 spiro atoms. The van der Waals surface area contributed by atoms with E-state index in [0.717, 1.165) is 12.8 Å². The number of amides is 1. The predicted octanol–water partition coefficient (Wildman–Crippen LogP) is 2.58. The molecule has 1 amide bonds. The molecule has 0 bridgehead atoms. The van der Waals surface area contributed by atoms with Crippen molar-refractivity contribution in [1.82, 2.24) is 4.90 Å². The summed E-state index contributed by atoms with van der Waals surface area (Å²) >= 11 is 0. The average Bonchev–Trinajstić information content (AvgIpc) is 3.29. The highest BCUT2D eigenvalue weighted by atomic mass is 19.1. The van der Waals surface area contributed by atoms with Crippen LogP contribution in [0.25, 0.3) is 10.8 Å². The number of rotatable bonds is 2. The van der Waals surface area contributed by atoms with Crippen LogP contribution < -0.4 is 0 Å². The van der Waals surface area contributed by atoms with E-state index in [1.807, 2.05) is 0 Å². The van der Waals surface area contributed by atoms with Crippen LogP contribution in [-0.2, 0) is 0 Å². The number of aliphatic hydroxyl groups is 1. The summed E-state index contributed by atoms with van der Waals surface area (Å²) in [5.41, 5.74) is -0.185. The Morgan fingerprint density at radius 1 is 1.14 bits per heavy atom. The number of nitrogens with zero attached hydrogens (tertiary/aromatic N) is 1. The smallest absolute Gasteiger partial charge is 0.254 e. The monoisotopic (exact) mass is 285 g/mol. The molecule has 0 aromatic heterocycles. The lowest BCUT2D eigenvalue weighted by Gasteiger charge is -2.47. The third-order valence-corrected chi connectivity index (χ3v) is 4.66. The number of halogens is 1. The fourth-order valence-electron chi connectivity index (χ4n) is 3.26. The summed E-state index contributed by atoms with van der Waals surface area (Å²) in [4.78, 5) is 14.2. The van der Waals surface area contributed by atoms with Crippen molar-refractivity contribution >= 4 is 16.7 Å². The summed E-state index contributed by atoms with van der Waals surface area (Å²) in [5, 5.41) is 11.4. The maximum absolute atomic E-state index is 13.8. The van der Waals surface area contributed by atoms with Crippen LogP contribution in [0.2, 0.25) is 0 Å². The summed E-state index contributed by atoms with van der Waals surface area (Å²) in [6.07, 6.45) is 2.11. The van der Waals surface area contributed by atoms with Crippen molar-refractivity contribution < 1.29 is 14.3 Å². The molecule has 108 valence electrons. The molecule has 0 unspecified atom stereocenters. The van der Waals surface area contributed by atoms with E-state index in [-0.39, 0.29) is 11.7 Å². The standard InChI is InChI=1S/C17H16FNO2/c18-15-8-7-14(12-3-1-2-4-13(12)15)16(20)19-9-17(21,10-19)11-5-6-11/h1-4,7-8,11,21H,5-6,9-10H2. The summed E-state index contributed by atoms with van der Waals surface area (Å²) in [7, 11) is 0. The van der Waals surface area contributed by atoms with Crippen LogP contribution in [0.1, 0.15) is 23.2 Å². The number of hydrogen-bond donors (Lipinski definition) is 1. The molecule has 1 N–H and O–H groups in total. The molecule has 4 rings (SSSR count). The number of carbonyl (C=O) groups excluding carboxylic acids is 1. The lowest BCUT2D eigenvalue weighted by molar-refractivity contribution is -0.0957. The van der Waals surface area contributed by atoms with Gasteiger partial charge in [0.05, 0.1) is 13.1 Å². The third-order valence-electron chi connectivity index (χ3n) is 4.66. The van der Waals surface area contributed by atoms with Crippen molar-refractivity contribution in [1.29, 1.82) is 0 Å². The number of β-amino-alcohol motifs (C(OH)–C–C–N with tert-alkyl or cyclic N) is 1. The van der Waals surface area contributed by atoms with E-state index in [1.165, 1.54) is 12.1 Å². The van der Waals surface area contributed by atoms with Gasteiger partial charge in [0, 0.05) is 10.9 Å². The Balaban J connectivity index is 1.65.